The van der Waals surface area contributed by atoms with E-state index in [9.17, 15) is 4.79 Å². The lowest BCUT2D eigenvalue weighted by molar-refractivity contribution is 0.0249. The summed E-state index contributed by atoms with van der Waals surface area (Å²) < 4.78 is 5.35. The van der Waals surface area contributed by atoms with Crippen LogP contribution in [0.15, 0.2) is 12.2 Å². The van der Waals surface area contributed by atoms with Gasteiger partial charge in [-0.2, -0.15) is 0 Å². The van der Waals surface area contributed by atoms with E-state index in [1.54, 1.807) is 4.90 Å². The van der Waals surface area contributed by atoms with Crippen LogP contribution in [0.2, 0.25) is 0 Å². The number of ether oxygens (including phenoxy) is 1. The van der Waals surface area contributed by atoms with Crippen LogP contribution < -0.4 is 0 Å². The molecule has 0 spiro atoms. The standard InChI is InChI=1S/C12H21NO2/c1-9(2)10-7-6-8-13(10)11(14)15-12(3,4)5/h10H,1,6-8H2,2-5H3/t10-/m1/s1. The van der Waals surface area contributed by atoms with Gasteiger partial charge in [0.15, 0.2) is 0 Å². The molecule has 1 saturated heterocycles. The summed E-state index contributed by atoms with van der Waals surface area (Å²) in [5.41, 5.74) is 0.623. The third-order valence-corrected chi connectivity index (χ3v) is 2.45. The number of carbonyl (C=O) groups excluding carboxylic acids is 1. The summed E-state index contributed by atoms with van der Waals surface area (Å²) in [6.07, 6.45) is 1.83. The average molecular weight is 211 g/mol. The smallest absolute Gasteiger partial charge is 0.410 e. The van der Waals surface area contributed by atoms with Gasteiger partial charge in [0.25, 0.3) is 0 Å². The predicted octanol–water partition coefficient (Wildman–Crippen LogP) is 2.96. The summed E-state index contributed by atoms with van der Waals surface area (Å²) >= 11 is 0. The topological polar surface area (TPSA) is 29.5 Å². The first-order valence-corrected chi connectivity index (χ1v) is 5.46. The third-order valence-electron chi connectivity index (χ3n) is 2.45. The Hall–Kier alpha value is -0.990. The molecule has 1 amide bonds. The minimum absolute atomic E-state index is 0.167. The maximum atomic E-state index is 11.8. The van der Waals surface area contributed by atoms with Gasteiger partial charge in [0.1, 0.15) is 5.60 Å². The summed E-state index contributed by atoms with van der Waals surface area (Å²) in [5, 5.41) is 0. The van der Waals surface area contributed by atoms with Crippen LogP contribution in [0.1, 0.15) is 40.5 Å². The maximum Gasteiger partial charge on any atom is 0.410 e. The molecule has 3 heteroatoms. The molecule has 0 bridgehead atoms. The summed E-state index contributed by atoms with van der Waals surface area (Å²) in [6, 6.07) is 0.167. The van der Waals surface area contributed by atoms with Crippen molar-refractivity contribution in [2.75, 3.05) is 6.54 Å². The first kappa shape index (κ1) is 12.1. The molecule has 0 aromatic carbocycles. The fourth-order valence-electron chi connectivity index (χ4n) is 1.82. The highest BCUT2D eigenvalue weighted by molar-refractivity contribution is 5.69. The minimum atomic E-state index is -0.417. The van der Waals surface area contributed by atoms with Crippen molar-refractivity contribution in [3.05, 3.63) is 12.2 Å². The first-order chi connectivity index (χ1) is 6.81. The molecular formula is C12H21NO2. The molecule has 86 valence electrons. The number of amides is 1. The Kier molecular flexibility index (Phi) is 3.42. The molecule has 3 nitrogen and oxygen atoms in total. The molecule has 1 rings (SSSR count). The van der Waals surface area contributed by atoms with Gasteiger partial charge in [0.05, 0.1) is 6.04 Å². The van der Waals surface area contributed by atoms with Gasteiger partial charge in [-0.25, -0.2) is 4.79 Å². The maximum absolute atomic E-state index is 11.8. The van der Waals surface area contributed by atoms with Gasteiger partial charge in [-0.3, -0.25) is 0 Å². The highest BCUT2D eigenvalue weighted by Crippen LogP contribution is 2.24. The van der Waals surface area contributed by atoms with Gasteiger partial charge < -0.3 is 9.64 Å². The molecule has 1 fully saturated rings. The Morgan fingerprint density at radius 1 is 1.47 bits per heavy atom. The molecule has 1 aliphatic heterocycles. The van der Waals surface area contributed by atoms with E-state index in [1.807, 2.05) is 27.7 Å². The second-order valence-electron chi connectivity index (χ2n) is 5.18. The number of hydrogen-bond acceptors (Lipinski definition) is 2. The van der Waals surface area contributed by atoms with E-state index in [1.165, 1.54) is 0 Å². The second kappa shape index (κ2) is 4.25. The number of likely N-dealkylation sites (tertiary alicyclic amines) is 1. The Labute approximate surface area is 92.1 Å². The number of carbonyl (C=O) groups is 1. The first-order valence-electron chi connectivity index (χ1n) is 5.46. The molecule has 0 aliphatic carbocycles. The van der Waals surface area contributed by atoms with Crippen LogP contribution in [0, 0.1) is 0 Å². The predicted molar refractivity (Wildman–Crippen MR) is 60.8 cm³/mol. The van der Waals surface area contributed by atoms with Crippen LogP contribution in [-0.4, -0.2) is 29.2 Å². The molecule has 0 unspecified atom stereocenters. The van der Waals surface area contributed by atoms with E-state index in [0.29, 0.717) is 0 Å². The highest BCUT2D eigenvalue weighted by atomic mass is 16.6. The summed E-state index contributed by atoms with van der Waals surface area (Å²) in [5.74, 6) is 0. The van der Waals surface area contributed by atoms with Gasteiger partial charge in [0, 0.05) is 6.54 Å². The van der Waals surface area contributed by atoms with Crippen molar-refractivity contribution in [3.63, 3.8) is 0 Å². The molecule has 1 atom stereocenters. The molecule has 1 aliphatic rings. The largest absolute Gasteiger partial charge is 0.444 e. The normalized spacial score (nSPS) is 21.6. The molecule has 0 radical (unpaired) electrons. The molecular weight excluding hydrogens is 190 g/mol. The SMILES string of the molecule is C=C(C)[C@H]1CCCN1C(=O)OC(C)(C)C. The van der Waals surface area contributed by atoms with Gasteiger partial charge in [-0.15, -0.1) is 0 Å². The zero-order valence-electron chi connectivity index (χ0n) is 10.2. The van der Waals surface area contributed by atoms with E-state index in [0.717, 1.165) is 25.0 Å². The van der Waals surface area contributed by atoms with Crippen molar-refractivity contribution in [3.8, 4) is 0 Å². The molecule has 1 heterocycles. The fraction of sp³-hybridized carbons (Fsp3) is 0.750. The van der Waals surface area contributed by atoms with Crippen LogP contribution in [0.5, 0.6) is 0 Å². The van der Waals surface area contributed by atoms with Crippen LogP contribution in [0.25, 0.3) is 0 Å². The van der Waals surface area contributed by atoms with Crippen molar-refractivity contribution in [1.29, 1.82) is 0 Å². The lowest BCUT2D eigenvalue weighted by Crippen LogP contribution is -2.40. The van der Waals surface area contributed by atoms with Crippen molar-refractivity contribution >= 4 is 6.09 Å². The van der Waals surface area contributed by atoms with Crippen LogP contribution >= 0.6 is 0 Å². The third kappa shape index (κ3) is 3.26. The van der Waals surface area contributed by atoms with Gasteiger partial charge in [-0.05, 0) is 40.5 Å². The lowest BCUT2D eigenvalue weighted by Gasteiger charge is -2.28. The molecule has 0 aromatic rings. The Morgan fingerprint density at radius 2 is 2.07 bits per heavy atom. The minimum Gasteiger partial charge on any atom is -0.444 e. The number of nitrogens with zero attached hydrogens (tertiary/aromatic N) is 1. The van der Waals surface area contributed by atoms with E-state index < -0.39 is 5.60 Å². The molecule has 15 heavy (non-hydrogen) atoms. The Bertz CT molecular complexity index is 265. The zero-order valence-corrected chi connectivity index (χ0v) is 10.2. The lowest BCUT2D eigenvalue weighted by atomic mass is 10.1. The fourth-order valence-corrected chi connectivity index (χ4v) is 1.82. The van der Waals surface area contributed by atoms with Crippen molar-refractivity contribution in [2.45, 2.75) is 52.2 Å². The average Bonchev–Trinajstić information content (AvgIpc) is 2.47. The summed E-state index contributed by atoms with van der Waals surface area (Å²) in [6.45, 7) is 12.3. The van der Waals surface area contributed by atoms with Crippen molar-refractivity contribution in [1.82, 2.24) is 4.90 Å². The van der Waals surface area contributed by atoms with Gasteiger partial charge >= 0.3 is 6.09 Å². The highest BCUT2D eigenvalue weighted by Gasteiger charge is 2.32. The monoisotopic (exact) mass is 211 g/mol. The molecule has 0 aromatic heterocycles. The van der Waals surface area contributed by atoms with Crippen LogP contribution in [-0.2, 0) is 4.74 Å². The summed E-state index contributed by atoms with van der Waals surface area (Å²) in [7, 11) is 0. The quantitative estimate of drug-likeness (QED) is 0.624. The Balaban J connectivity index is 2.63. The number of hydrogen-bond donors (Lipinski definition) is 0. The van der Waals surface area contributed by atoms with Crippen LogP contribution in [0.4, 0.5) is 4.79 Å². The Morgan fingerprint density at radius 3 is 2.53 bits per heavy atom. The zero-order chi connectivity index (χ0) is 11.6. The van der Waals surface area contributed by atoms with Gasteiger partial charge in [0.2, 0.25) is 0 Å². The molecule has 0 saturated carbocycles. The summed E-state index contributed by atoms with van der Waals surface area (Å²) in [4.78, 5) is 13.6. The second-order valence-corrected chi connectivity index (χ2v) is 5.18. The van der Waals surface area contributed by atoms with Gasteiger partial charge in [-0.1, -0.05) is 12.2 Å². The van der Waals surface area contributed by atoms with Crippen molar-refractivity contribution < 1.29 is 9.53 Å². The van der Waals surface area contributed by atoms with E-state index >= 15 is 0 Å². The van der Waals surface area contributed by atoms with Crippen LogP contribution in [0.3, 0.4) is 0 Å². The van der Waals surface area contributed by atoms with E-state index in [2.05, 4.69) is 6.58 Å². The molecule has 0 N–H and O–H groups in total. The van der Waals surface area contributed by atoms with Crippen molar-refractivity contribution in [2.24, 2.45) is 0 Å². The van der Waals surface area contributed by atoms with E-state index in [4.69, 9.17) is 4.74 Å². The van der Waals surface area contributed by atoms with E-state index in [-0.39, 0.29) is 12.1 Å². The number of rotatable bonds is 1.